The van der Waals surface area contributed by atoms with Crippen LogP contribution in [-0.4, -0.2) is 29.5 Å². The monoisotopic (exact) mass is 303 g/mol. The lowest BCUT2D eigenvalue weighted by molar-refractivity contribution is -0.127. The van der Waals surface area contributed by atoms with Crippen LogP contribution >= 0.6 is 11.3 Å². The average Bonchev–Trinajstić information content (AvgIpc) is 2.66. The number of nitrogens with one attached hydrogen (secondary N) is 1. The predicted molar refractivity (Wildman–Crippen MR) is 88.0 cm³/mol. The van der Waals surface area contributed by atoms with E-state index in [4.69, 9.17) is 0 Å². The summed E-state index contributed by atoms with van der Waals surface area (Å²) in [6.45, 7) is 9.66. The molecule has 1 amide bonds. The molecule has 112 valence electrons. The van der Waals surface area contributed by atoms with Crippen LogP contribution in [-0.2, 0) is 4.79 Å². The lowest BCUT2D eigenvalue weighted by Gasteiger charge is -2.39. The number of aryl methyl sites for hydroxylation is 1. The number of carbonyl (C=O) groups excluding carboxylic acids is 1. The topological polar surface area (TPSA) is 45.2 Å². The minimum atomic E-state index is -0.162. The SMILES string of the molecule is Cc1ccc2nc(N3CC(C(=O)NC(C)(C)C)C3)sc2c1. The summed E-state index contributed by atoms with van der Waals surface area (Å²) in [4.78, 5) is 18.9. The molecule has 0 spiro atoms. The number of nitrogens with zero attached hydrogens (tertiary/aromatic N) is 2. The van der Waals surface area contributed by atoms with Crippen molar-refractivity contribution in [3.05, 3.63) is 23.8 Å². The van der Waals surface area contributed by atoms with Crippen molar-refractivity contribution in [3.8, 4) is 0 Å². The highest BCUT2D eigenvalue weighted by molar-refractivity contribution is 7.22. The van der Waals surface area contributed by atoms with E-state index in [0.29, 0.717) is 0 Å². The molecular formula is C16H21N3OS. The molecular weight excluding hydrogens is 282 g/mol. The summed E-state index contributed by atoms with van der Waals surface area (Å²) >= 11 is 1.71. The predicted octanol–water partition coefficient (Wildman–Crippen LogP) is 2.96. The molecule has 3 rings (SSSR count). The molecule has 4 nitrogen and oxygen atoms in total. The Kier molecular flexibility index (Phi) is 3.40. The minimum absolute atomic E-state index is 0.0815. The molecule has 21 heavy (non-hydrogen) atoms. The first-order valence-electron chi connectivity index (χ1n) is 7.26. The Balaban J connectivity index is 1.66. The number of hydrogen-bond acceptors (Lipinski definition) is 4. The van der Waals surface area contributed by atoms with Gasteiger partial charge in [0.05, 0.1) is 16.1 Å². The molecule has 0 saturated carbocycles. The third-order valence-electron chi connectivity index (χ3n) is 3.55. The first kappa shape index (κ1) is 14.3. The second kappa shape index (κ2) is 4.98. The molecule has 0 bridgehead atoms. The molecule has 1 N–H and O–H groups in total. The van der Waals surface area contributed by atoms with E-state index < -0.39 is 0 Å². The van der Waals surface area contributed by atoms with Crippen molar-refractivity contribution in [2.75, 3.05) is 18.0 Å². The first-order valence-corrected chi connectivity index (χ1v) is 8.08. The van der Waals surface area contributed by atoms with Crippen molar-refractivity contribution < 1.29 is 4.79 Å². The average molecular weight is 303 g/mol. The van der Waals surface area contributed by atoms with Gasteiger partial charge in [-0.2, -0.15) is 0 Å². The maximum atomic E-state index is 12.1. The van der Waals surface area contributed by atoms with E-state index in [2.05, 4.69) is 40.3 Å². The third kappa shape index (κ3) is 3.02. The number of benzene rings is 1. The summed E-state index contributed by atoms with van der Waals surface area (Å²) in [6, 6.07) is 6.32. The van der Waals surface area contributed by atoms with Crippen LogP contribution in [0, 0.1) is 12.8 Å². The number of hydrogen-bond donors (Lipinski definition) is 1. The van der Waals surface area contributed by atoms with E-state index in [0.717, 1.165) is 23.7 Å². The Morgan fingerprint density at radius 2 is 2.10 bits per heavy atom. The van der Waals surface area contributed by atoms with Crippen LogP contribution in [0.5, 0.6) is 0 Å². The van der Waals surface area contributed by atoms with E-state index in [1.54, 1.807) is 11.3 Å². The van der Waals surface area contributed by atoms with E-state index in [-0.39, 0.29) is 17.4 Å². The maximum Gasteiger partial charge on any atom is 0.227 e. The van der Waals surface area contributed by atoms with Gasteiger partial charge in [0.25, 0.3) is 0 Å². The number of thiazole rings is 1. The normalized spacial score (nSPS) is 16.1. The van der Waals surface area contributed by atoms with Crippen molar-refractivity contribution in [3.63, 3.8) is 0 Å². The molecule has 2 aromatic rings. The maximum absolute atomic E-state index is 12.1. The fourth-order valence-electron chi connectivity index (χ4n) is 2.43. The van der Waals surface area contributed by atoms with Gasteiger partial charge in [-0.1, -0.05) is 17.4 Å². The Bertz CT molecular complexity index is 680. The Labute approximate surface area is 129 Å². The summed E-state index contributed by atoms with van der Waals surface area (Å²) in [5, 5.41) is 4.07. The zero-order valence-electron chi connectivity index (χ0n) is 12.9. The van der Waals surface area contributed by atoms with Crippen molar-refractivity contribution in [2.24, 2.45) is 5.92 Å². The van der Waals surface area contributed by atoms with Crippen LogP contribution in [0.1, 0.15) is 26.3 Å². The van der Waals surface area contributed by atoms with Crippen molar-refractivity contribution in [1.82, 2.24) is 10.3 Å². The van der Waals surface area contributed by atoms with Crippen molar-refractivity contribution in [1.29, 1.82) is 0 Å². The van der Waals surface area contributed by atoms with Crippen LogP contribution in [0.15, 0.2) is 18.2 Å². The zero-order valence-corrected chi connectivity index (χ0v) is 13.8. The minimum Gasteiger partial charge on any atom is -0.351 e. The number of carbonyl (C=O) groups is 1. The quantitative estimate of drug-likeness (QED) is 0.928. The molecule has 0 aliphatic carbocycles. The summed E-state index contributed by atoms with van der Waals surface area (Å²) in [6.07, 6.45) is 0. The number of fused-ring (bicyclic) bond motifs is 1. The Morgan fingerprint density at radius 3 is 2.76 bits per heavy atom. The van der Waals surface area contributed by atoms with Crippen LogP contribution in [0.3, 0.4) is 0 Å². The van der Waals surface area contributed by atoms with Crippen molar-refractivity contribution >= 4 is 32.6 Å². The number of anilines is 1. The third-order valence-corrected chi connectivity index (χ3v) is 4.63. The molecule has 5 heteroatoms. The number of amides is 1. The first-order chi connectivity index (χ1) is 9.82. The van der Waals surface area contributed by atoms with Crippen LogP contribution in [0.4, 0.5) is 5.13 Å². The summed E-state index contributed by atoms with van der Waals surface area (Å²) in [5.41, 5.74) is 2.14. The Hall–Kier alpha value is -1.62. The molecule has 0 unspecified atom stereocenters. The summed E-state index contributed by atoms with van der Waals surface area (Å²) < 4.78 is 1.22. The van der Waals surface area contributed by atoms with Crippen LogP contribution in [0.25, 0.3) is 10.2 Å². The van der Waals surface area contributed by atoms with Gasteiger partial charge < -0.3 is 10.2 Å². The fraction of sp³-hybridized carbons (Fsp3) is 0.500. The molecule has 1 fully saturated rings. The highest BCUT2D eigenvalue weighted by Gasteiger charge is 2.35. The highest BCUT2D eigenvalue weighted by Crippen LogP contribution is 2.33. The lowest BCUT2D eigenvalue weighted by atomic mass is 9.98. The van der Waals surface area contributed by atoms with E-state index in [1.165, 1.54) is 10.3 Å². The second-order valence-corrected chi connectivity index (χ2v) is 7.82. The molecule has 1 aromatic heterocycles. The number of aromatic nitrogens is 1. The van der Waals surface area contributed by atoms with E-state index >= 15 is 0 Å². The van der Waals surface area contributed by atoms with Crippen LogP contribution in [0.2, 0.25) is 0 Å². The molecule has 2 heterocycles. The van der Waals surface area contributed by atoms with Gasteiger partial charge in [0.15, 0.2) is 5.13 Å². The standard InChI is InChI=1S/C16H21N3OS/c1-10-5-6-12-13(7-10)21-15(17-12)19-8-11(9-19)14(20)18-16(2,3)4/h5-7,11H,8-9H2,1-4H3,(H,18,20). The van der Waals surface area contributed by atoms with Gasteiger partial charge in [0.1, 0.15) is 0 Å². The van der Waals surface area contributed by atoms with Crippen molar-refractivity contribution in [2.45, 2.75) is 33.2 Å². The largest absolute Gasteiger partial charge is 0.351 e. The Morgan fingerprint density at radius 1 is 1.38 bits per heavy atom. The van der Waals surface area contributed by atoms with Gasteiger partial charge in [-0.3, -0.25) is 4.79 Å². The molecule has 1 saturated heterocycles. The van der Waals surface area contributed by atoms with Gasteiger partial charge in [0.2, 0.25) is 5.91 Å². The molecule has 1 aromatic carbocycles. The summed E-state index contributed by atoms with van der Waals surface area (Å²) in [5.74, 6) is 0.230. The van der Waals surface area contributed by atoms with Gasteiger partial charge in [-0.15, -0.1) is 0 Å². The zero-order chi connectivity index (χ0) is 15.2. The highest BCUT2D eigenvalue weighted by atomic mass is 32.1. The summed E-state index contributed by atoms with van der Waals surface area (Å²) in [7, 11) is 0. The molecule has 0 radical (unpaired) electrons. The van der Waals surface area contributed by atoms with Crippen LogP contribution < -0.4 is 10.2 Å². The van der Waals surface area contributed by atoms with Gasteiger partial charge in [-0.05, 0) is 45.4 Å². The van der Waals surface area contributed by atoms with Gasteiger partial charge in [-0.25, -0.2) is 4.98 Å². The molecule has 1 aliphatic heterocycles. The van der Waals surface area contributed by atoms with E-state index in [1.807, 2.05) is 20.8 Å². The second-order valence-electron chi connectivity index (χ2n) is 6.81. The number of rotatable bonds is 2. The molecule has 1 aliphatic rings. The van der Waals surface area contributed by atoms with Gasteiger partial charge >= 0.3 is 0 Å². The van der Waals surface area contributed by atoms with Gasteiger partial charge in [0, 0.05) is 18.6 Å². The molecule has 0 atom stereocenters. The lowest BCUT2D eigenvalue weighted by Crippen LogP contribution is -2.56. The van der Waals surface area contributed by atoms with E-state index in [9.17, 15) is 4.79 Å². The fourth-order valence-corrected chi connectivity index (χ4v) is 3.51. The smallest absolute Gasteiger partial charge is 0.227 e.